The zero-order chi connectivity index (χ0) is 16.8. The smallest absolute Gasteiger partial charge is 0.336 e. The molecule has 0 radical (unpaired) electrons. The molecule has 1 aliphatic rings. The first-order chi connectivity index (χ1) is 10.8. The molecule has 4 N–H and O–H groups in total. The van der Waals surface area contributed by atoms with Crippen molar-refractivity contribution in [1.82, 2.24) is 0 Å². The van der Waals surface area contributed by atoms with Gasteiger partial charge in [0.25, 0.3) is 5.91 Å². The lowest BCUT2D eigenvalue weighted by Crippen LogP contribution is -2.44. The number of carbonyl (C=O) groups excluding carboxylic acids is 2. The third kappa shape index (κ3) is 2.28. The first kappa shape index (κ1) is 14.9. The van der Waals surface area contributed by atoms with Crippen molar-refractivity contribution in [2.75, 3.05) is 21.3 Å². The number of urea groups is 1. The second-order valence-corrected chi connectivity index (χ2v) is 6.00. The van der Waals surface area contributed by atoms with Gasteiger partial charge in [0.2, 0.25) is 0 Å². The molecule has 0 bridgehead atoms. The second kappa shape index (κ2) is 5.01. The van der Waals surface area contributed by atoms with Crippen LogP contribution in [0.1, 0.15) is 13.8 Å². The predicted molar refractivity (Wildman–Crippen MR) is 91.1 cm³/mol. The maximum atomic E-state index is 12.9. The summed E-state index contributed by atoms with van der Waals surface area (Å²) in [5.74, 6) is -0.288. The number of carbonyl (C=O) groups is 2. The van der Waals surface area contributed by atoms with Crippen LogP contribution >= 0.6 is 0 Å². The van der Waals surface area contributed by atoms with E-state index in [1.54, 1.807) is 62.4 Å². The van der Waals surface area contributed by atoms with Crippen molar-refractivity contribution >= 4 is 34.7 Å². The molecule has 1 heterocycles. The highest BCUT2D eigenvalue weighted by molar-refractivity contribution is 6.30. The average molecular weight is 310 g/mol. The summed E-state index contributed by atoms with van der Waals surface area (Å²) >= 11 is 0. The summed E-state index contributed by atoms with van der Waals surface area (Å²) in [5, 5.41) is 0. The number of nitrogen functional groups attached to an aromatic ring is 2. The fourth-order valence-electron chi connectivity index (χ4n) is 2.70. The molecule has 2 aromatic rings. The fourth-order valence-corrected chi connectivity index (χ4v) is 2.70. The maximum absolute atomic E-state index is 12.9. The SMILES string of the molecule is CC1(C)C(=O)N(c2ccc(N)cc2)C(=O)N1c1ccc(N)cc1. The van der Waals surface area contributed by atoms with Crippen LogP contribution < -0.4 is 21.3 Å². The van der Waals surface area contributed by atoms with Gasteiger partial charge < -0.3 is 11.5 Å². The predicted octanol–water partition coefficient (Wildman–Crippen LogP) is 2.60. The zero-order valence-electron chi connectivity index (χ0n) is 13.0. The number of rotatable bonds is 2. The Morgan fingerprint density at radius 3 is 1.70 bits per heavy atom. The Balaban J connectivity index is 2.05. The second-order valence-electron chi connectivity index (χ2n) is 6.00. The number of imide groups is 1. The summed E-state index contributed by atoms with van der Waals surface area (Å²) < 4.78 is 0. The number of amides is 3. The van der Waals surface area contributed by atoms with Gasteiger partial charge in [0.15, 0.2) is 0 Å². The van der Waals surface area contributed by atoms with Crippen molar-refractivity contribution in [3.05, 3.63) is 48.5 Å². The van der Waals surface area contributed by atoms with Crippen molar-refractivity contribution in [1.29, 1.82) is 0 Å². The highest BCUT2D eigenvalue weighted by atomic mass is 16.2. The number of anilines is 4. The van der Waals surface area contributed by atoms with Crippen LogP contribution in [-0.4, -0.2) is 17.5 Å². The Morgan fingerprint density at radius 1 is 0.783 bits per heavy atom. The molecule has 0 aliphatic carbocycles. The van der Waals surface area contributed by atoms with Gasteiger partial charge in [-0.2, -0.15) is 0 Å². The minimum absolute atomic E-state index is 0.288. The minimum atomic E-state index is -0.991. The summed E-state index contributed by atoms with van der Waals surface area (Å²) in [7, 11) is 0. The third-order valence-corrected chi connectivity index (χ3v) is 3.97. The highest BCUT2D eigenvalue weighted by Crippen LogP contribution is 2.36. The van der Waals surface area contributed by atoms with Gasteiger partial charge in [0.05, 0.1) is 5.69 Å². The van der Waals surface area contributed by atoms with Crippen LogP contribution in [0.5, 0.6) is 0 Å². The maximum Gasteiger partial charge on any atom is 0.336 e. The van der Waals surface area contributed by atoms with E-state index in [0.29, 0.717) is 22.7 Å². The largest absolute Gasteiger partial charge is 0.399 e. The van der Waals surface area contributed by atoms with Gasteiger partial charge >= 0.3 is 6.03 Å². The van der Waals surface area contributed by atoms with Crippen molar-refractivity contribution in [2.45, 2.75) is 19.4 Å². The van der Waals surface area contributed by atoms with E-state index >= 15 is 0 Å². The third-order valence-electron chi connectivity index (χ3n) is 3.97. The molecule has 1 saturated heterocycles. The van der Waals surface area contributed by atoms with Gasteiger partial charge in [-0.05, 0) is 62.4 Å². The standard InChI is InChI=1S/C17H18N4O2/c1-17(2)15(22)20(13-7-3-11(18)4-8-13)16(23)21(17)14-9-5-12(19)6-10-14/h3-10H,18-19H2,1-2H3. The van der Waals surface area contributed by atoms with Gasteiger partial charge in [-0.1, -0.05) is 0 Å². The van der Waals surface area contributed by atoms with E-state index in [0.717, 1.165) is 0 Å². The molecular formula is C17H18N4O2. The summed E-state index contributed by atoms with van der Waals surface area (Å²) in [6, 6.07) is 13.1. The number of benzene rings is 2. The van der Waals surface area contributed by atoms with E-state index in [2.05, 4.69) is 0 Å². The molecule has 3 amide bonds. The van der Waals surface area contributed by atoms with Gasteiger partial charge in [-0.3, -0.25) is 9.69 Å². The molecule has 0 atom stereocenters. The van der Waals surface area contributed by atoms with Gasteiger partial charge in [0.1, 0.15) is 5.54 Å². The van der Waals surface area contributed by atoms with E-state index in [-0.39, 0.29) is 5.91 Å². The molecule has 3 rings (SSSR count). The van der Waals surface area contributed by atoms with Crippen molar-refractivity contribution < 1.29 is 9.59 Å². The molecule has 0 spiro atoms. The van der Waals surface area contributed by atoms with Crippen molar-refractivity contribution in [3.8, 4) is 0 Å². The molecule has 1 fully saturated rings. The molecule has 0 aromatic heterocycles. The van der Waals surface area contributed by atoms with Crippen LogP contribution in [0.4, 0.5) is 27.5 Å². The summed E-state index contributed by atoms with van der Waals surface area (Å²) in [5.41, 5.74) is 12.7. The molecule has 6 heteroatoms. The topological polar surface area (TPSA) is 92.7 Å². The molecule has 118 valence electrons. The van der Waals surface area contributed by atoms with E-state index in [9.17, 15) is 9.59 Å². The van der Waals surface area contributed by atoms with Crippen molar-refractivity contribution in [2.24, 2.45) is 0 Å². The highest BCUT2D eigenvalue weighted by Gasteiger charge is 2.52. The molecule has 6 nitrogen and oxygen atoms in total. The lowest BCUT2D eigenvalue weighted by molar-refractivity contribution is -0.120. The molecule has 0 unspecified atom stereocenters. The van der Waals surface area contributed by atoms with E-state index < -0.39 is 11.6 Å². The van der Waals surface area contributed by atoms with E-state index in [1.807, 2.05) is 0 Å². The number of nitrogens with zero attached hydrogens (tertiary/aromatic N) is 2. The zero-order valence-corrected chi connectivity index (χ0v) is 13.0. The van der Waals surface area contributed by atoms with Crippen LogP contribution in [-0.2, 0) is 4.79 Å². The first-order valence-electron chi connectivity index (χ1n) is 7.22. The fraction of sp³-hybridized carbons (Fsp3) is 0.176. The average Bonchev–Trinajstić information content (AvgIpc) is 2.68. The van der Waals surface area contributed by atoms with Crippen LogP contribution in [0.15, 0.2) is 48.5 Å². The van der Waals surface area contributed by atoms with Crippen LogP contribution in [0.25, 0.3) is 0 Å². The number of hydrogen-bond acceptors (Lipinski definition) is 4. The summed E-state index contributed by atoms with van der Waals surface area (Å²) in [6.45, 7) is 3.45. The summed E-state index contributed by atoms with van der Waals surface area (Å²) in [6.07, 6.45) is 0. The number of hydrogen-bond donors (Lipinski definition) is 2. The van der Waals surface area contributed by atoms with Crippen LogP contribution in [0, 0.1) is 0 Å². The number of nitrogens with two attached hydrogens (primary N) is 2. The quantitative estimate of drug-likeness (QED) is 0.658. The lowest BCUT2D eigenvalue weighted by Gasteiger charge is -2.27. The Kier molecular flexibility index (Phi) is 3.25. The van der Waals surface area contributed by atoms with Crippen LogP contribution in [0.3, 0.4) is 0 Å². The molecule has 23 heavy (non-hydrogen) atoms. The first-order valence-corrected chi connectivity index (χ1v) is 7.22. The van der Waals surface area contributed by atoms with E-state index in [1.165, 1.54) is 9.80 Å². The summed E-state index contributed by atoms with van der Waals surface area (Å²) in [4.78, 5) is 28.3. The Bertz CT molecular complexity index is 766. The Hall–Kier alpha value is -3.02. The molecule has 1 aliphatic heterocycles. The Morgan fingerprint density at radius 2 is 1.22 bits per heavy atom. The molecule has 0 saturated carbocycles. The van der Waals surface area contributed by atoms with Crippen molar-refractivity contribution in [3.63, 3.8) is 0 Å². The van der Waals surface area contributed by atoms with Gasteiger partial charge in [0, 0.05) is 17.1 Å². The molecule has 2 aromatic carbocycles. The van der Waals surface area contributed by atoms with Crippen LogP contribution in [0.2, 0.25) is 0 Å². The lowest BCUT2D eigenvalue weighted by atomic mass is 10.0. The monoisotopic (exact) mass is 310 g/mol. The molecular weight excluding hydrogens is 292 g/mol. The Labute approximate surface area is 134 Å². The van der Waals surface area contributed by atoms with E-state index in [4.69, 9.17) is 11.5 Å². The van der Waals surface area contributed by atoms with Gasteiger partial charge in [-0.15, -0.1) is 0 Å². The van der Waals surface area contributed by atoms with Gasteiger partial charge in [-0.25, -0.2) is 9.69 Å². The normalized spacial score (nSPS) is 17.0. The minimum Gasteiger partial charge on any atom is -0.399 e.